The third kappa shape index (κ3) is 3.74. The summed E-state index contributed by atoms with van der Waals surface area (Å²) in [5.41, 5.74) is -0.183. The molecular weight excluding hydrogens is 421 g/mol. The summed E-state index contributed by atoms with van der Waals surface area (Å²) in [6, 6.07) is 7.02. The highest BCUT2D eigenvalue weighted by molar-refractivity contribution is 6.46. The molecule has 4 amide bonds. The number of morpholine rings is 1. The van der Waals surface area contributed by atoms with E-state index in [1.54, 1.807) is 18.2 Å². The molecule has 2 aromatic rings. The van der Waals surface area contributed by atoms with Gasteiger partial charge in [0.25, 0.3) is 11.8 Å². The predicted octanol–water partition coefficient (Wildman–Crippen LogP) is 3.09. The number of nitrogens with zero attached hydrogens (tertiary/aromatic N) is 2. The summed E-state index contributed by atoms with van der Waals surface area (Å²) in [6.45, 7) is 2.54. The van der Waals surface area contributed by atoms with Crippen molar-refractivity contribution in [2.24, 2.45) is 0 Å². The van der Waals surface area contributed by atoms with Gasteiger partial charge in [-0.3, -0.25) is 14.9 Å². The van der Waals surface area contributed by atoms with Gasteiger partial charge in [0, 0.05) is 19.2 Å². The molecule has 3 heterocycles. The minimum absolute atomic E-state index is 0.0268. The topological polar surface area (TPSA) is 92.1 Å². The maximum Gasteiger partial charge on any atom is 0.336 e. The number of imide groups is 2. The Labute approximate surface area is 175 Å². The lowest BCUT2D eigenvalue weighted by molar-refractivity contribution is -0.122. The van der Waals surface area contributed by atoms with Gasteiger partial charge >= 0.3 is 6.03 Å². The standard InChI is InChI=1S/C19H15Cl2N3O5/c20-13-2-1-3-14(16(13)21)24-18(26)12(17(25)22-19(24)27)10-11-4-5-15(29-11)23-6-8-28-9-7-23/h1-5,10H,6-9H2,(H,22,25,27)/b12-10+. The molecule has 0 spiro atoms. The number of amides is 4. The minimum atomic E-state index is -0.908. The molecule has 29 heavy (non-hydrogen) atoms. The second kappa shape index (κ2) is 7.90. The lowest BCUT2D eigenvalue weighted by Gasteiger charge is -2.27. The molecule has 2 saturated heterocycles. The summed E-state index contributed by atoms with van der Waals surface area (Å²) in [5.74, 6) is -0.739. The number of hydrogen-bond acceptors (Lipinski definition) is 6. The molecule has 1 N–H and O–H groups in total. The zero-order valence-corrected chi connectivity index (χ0v) is 16.5. The van der Waals surface area contributed by atoms with Gasteiger partial charge in [0.1, 0.15) is 11.3 Å². The molecule has 10 heteroatoms. The number of carbonyl (C=O) groups is 3. The third-order valence-corrected chi connectivity index (χ3v) is 5.30. The molecule has 150 valence electrons. The van der Waals surface area contributed by atoms with Crippen molar-refractivity contribution in [1.29, 1.82) is 0 Å². The number of hydrogen-bond donors (Lipinski definition) is 1. The molecule has 0 bridgehead atoms. The predicted molar refractivity (Wildman–Crippen MR) is 107 cm³/mol. The van der Waals surface area contributed by atoms with E-state index in [0.29, 0.717) is 37.9 Å². The number of barbiturate groups is 1. The molecule has 1 aromatic carbocycles. The van der Waals surface area contributed by atoms with Crippen molar-refractivity contribution in [3.63, 3.8) is 0 Å². The van der Waals surface area contributed by atoms with Crippen LogP contribution in [0.25, 0.3) is 6.08 Å². The molecule has 2 aliphatic rings. The molecule has 0 aliphatic carbocycles. The van der Waals surface area contributed by atoms with Gasteiger partial charge in [0.15, 0.2) is 5.88 Å². The Bertz CT molecular complexity index is 1030. The van der Waals surface area contributed by atoms with Crippen molar-refractivity contribution in [2.75, 3.05) is 36.1 Å². The summed E-state index contributed by atoms with van der Waals surface area (Å²) in [5, 5.41) is 2.34. The number of ether oxygens (including phenoxy) is 1. The zero-order chi connectivity index (χ0) is 20.5. The van der Waals surface area contributed by atoms with Crippen molar-refractivity contribution in [3.8, 4) is 0 Å². The van der Waals surface area contributed by atoms with E-state index in [1.807, 2.05) is 4.90 Å². The minimum Gasteiger partial charge on any atom is -0.441 e. The highest BCUT2D eigenvalue weighted by Crippen LogP contribution is 2.34. The van der Waals surface area contributed by atoms with Gasteiger partial charge in [0.05, 0.1) is 28.9 Å². The van der Waals surface area contributed by atoms with Crippen LogP contribution in [0.1, 0.15) is 5.76 Å². The second-order valence-electron chi connectivity index (χ2n) is 6.31. The van der Waals surface area contributed by atoms with Gasteiger partial charge in [-0.15, -0.1) is 0 Å². The van der Waals surface area contributed by atoms with Crippen LogP contribution in [0.3, 0.4) is 0 Å². The van der Waals surface area contributed by atoms with Crippen molar-refractivity contribution in [1.82, 2.24) is 5.32 Å². The molecule has 4 rings (SSSR count). The van der Waals surface area contributed by atoms with Gasteiger partial charge in [0.2, 0.25) is 0 Å². The van der Waals surface area contributed by atoms with E-state index >= 15 is 0 Å². The number of urea groups is 1. The summed E-state index contributed by atoms with van der Waals surface area (Å²) < 4.78 is 11.1. The number of benzene rings is 1. The lowest BCUT2D eigenvalue weighted by Crippen LogP contribution is -2.54. The first-order valence-corrected chi connectivity index (χ1v) is 9.49. The second-order valence-corrected chi connectivity index (χ2v) is 7.09. The average molecular weight is 436 g/mol. The average Bonchev–Trinajstić information content (AvgIpc) is 3.18. The molecule has 0 atom stereocenters. The summed E-state index contributed by atoms with van der Waals surface area (Å²) >= 11 is 12.1. The van der Waals surface area contributed by atoms with Crippen LogP contribution < -0.4 is 15.1 Å². The number of rotatable bonds is 3. The van der Waals surface area contributed by atoms with Crippen LogP contribution in [0.4, 0.5) is 16.4 Å². The highest BCUT2D eigenvalue weighted by atomic mass is 35.5. The molecule has 0 unspecified atom stereocenters. The highest BCUT2D eigenvalue weighted by Gasteiger charge is 2.38. The largest absolute Gasteiger partial charge is 0.441 e. The molecule has 8 nitrogen and oxygen atoms in total. The van der Waals surface area contributed by atoms with E-state index in [2.05, 4.69) is 5.32 Å². The number of nitrogens with one attached hydrogen (secondary N) is 1. The zero-order valence-electron chi connectivity index (χ0n) is 15.0. The third-order valence-electron chi connectivity index (χ3n) is 4.50. The quantitative estimate of drug-likeness (QED) is 0.588. The van der Waals surface area contributed by atoms with E-state index in [0.717, 1.165) is 4.90 Å². The smallest absolute Gasteiger partial charge is 0.336 e. The van der Waals surface area contributed by atoms with E-state index in [-0.39, 0.29) is 21.3 Å². The Balaban J connectivity index is 1.65. The fourth-order valence-electron chi connectivity index (χ4n) is 3.06. The molecule has 1 aromatic heterocycles. The normalized spacial score (nSPS) is 19.1. The van der Waals surface area contributed by atoms with Crippen LogP contribution in [-0.4, -0.2) is 44.1 Å². The van der Waals surface area contributed by atoms with Gasteiger partial charge in [-0.25, -0.2) is 9.69 Å². The Morgan fingerprint density at radius 1 is 1.03 bits per heavy atom. The molecule has 0 saturated carbocycles. The fraction of sp³-hybridized carbons (Fsp3) is 0.211. The first kappa shape index (κ1) is 19.5. The first-order chi connectivity index (χ1) is 14.0. The lowest BCUT2D eigenvalue weighted by atomic mass is 10.1. The maximum atomic E-state index is 12.9. The van der Waals surface area contributed by atoms with E-state index in [4.69, 9.17) is 32.4 Å². The molecule has 2 aliphatic heterocycles. The SMILES string of the molecule is O=C1NC(=O)N(c2cccc(Cl)c2Cl)C(=O)/C1=C/c1ccc(N2CCOCC2)o1. The van der Waals surface area contributed by atoms with Crippen LogP contribution in [0.15, 0.2) is 40.3 Å². The number of furan rings is 1. The Kier molecular flexibility index (Phi) is 5.31. The Hall–Kier alpha value is -2.81. The molecule has 2 fully saturated rings. The van der Waals surface area contributed by atoms with Crippen molar-refractivity contribution >= 4 is 58.7 Å². The van der Waals surface area contributed by atoms with Crippen molar-refractivity contribution < 1.29 is 23.5 Å². The van der Waals surface area contributed by atoms with Gasteiger partial charge in [-0.05, 0) is 24.3 Å². The van der Waals surface area contributed by atoms with Crippen molar-refractivity contribution in [3.05, 3.63) is 51.7 Å². The van der Waals surface area contributed by atoms with Crippen LogP contribution in [0.5, 0.6) is 0 Å². The van der Waals surface area contributed by atoms with E-state index in [9.17, 15) is 14.4 Å². The van der Waals surface area contributed by atoms with Gasteiger partial charge in [-0.1, -0.05) is 29.3 Å². The van der Waals surface area contributed by atoms with Crippen LogP contribution >= 0.6 is 23.2 Å². The van der Waals surface area contributed by atoms with E-state index < -0.39 is 17.8 Å². The number of anilines is 2. The van der Waals surface area contributed by atoms with Gasteiger partial charge in [-0.2, -0.15) is 0 Å². The first-order valence-electron chi connectivity index (χ1n) is 8.73. The Morgan fingerprint density at radius 3 is 2.55 bits per heavy atom. The number of carbonyl (C=O) groups excluding carboxylic acids is 3. The van der Waals surface area contributed by atoms with Crippen LogP contribution in [-0.2, 0) is 14.3 Å². The van der Waals surface area contributed by atoms with Crippen LogP contribution in [0.2, 0.25) is 10.0 Å². The van der Waals surface area contributed by atoms with Crippen molar-refractivity contribution in [2.45, 2.75) is 0 Å². The van der Waals surface area contributed by atoms with Gasteiger partial charge < -0.3 is 14.1 Å². The molecule has 0 radical (unpaired) electrons. The summed E-state index contributed by atoms with van der Waals surface area (Å²) in [4.78, 5) is 40.3. The maximum absolute atomic E-state index is 12.9. The summed E-state index contributed by atoms with van der Waals surface area (Å²) in [6.07, 6.45) is 1.29. The fourth-order valence-corrected chi connectivity index (χ4v) is 3.44. The Morgan fingerprint density at radius 2 is 1.79 bits per heavy atom. The van der Waals surface area contributed by atoms with Crippen LogP contribution in [0, 0.1) is 0 Å². The van der Waals surface area contributed by atoms with E-state index in [1.165, 1.54) is 18.2 Å². The molecular formula is C19H15Cl2N3O5. The number of halogens is 2. The monoisotopic (exact) mass is 435 g/mol. The summed E-state index contributed by atoms with van der Waals surface area (Å²) in [7, 11) is 0.